The van der Waals surface area contributed by atoms with Gasteiger partial charge in [-0.3, -0.25) is 4.79 Å². The van der Waals surface area contributed by atoms with Crippen molar-refractivity contribution in [1.29, 1.82) is 0 Å². The van der Waals surface area contributed by atoms with Crippen LogP contribution in [0.25, 0.3) is 0 Å². The lowest BCUT2D eigenvalue weighted by atomic mass is 9.51. The number of hydrogen-bond donors (Lipinski definition) is 2. The predicted molar refractivity (Wildman–Crippen MR) is 86.1 cm³/mol. The average molecular weight is 301 g/mol. The summed E-state index contributed by atoms with van der Waals surface area (Å²) in [6, 6.07) is 0. The second-order valence-corrected chi connectivity index (χ2v) is 7.83. The van der Waals surface area contributed by atoms with Gasteiger partial charge >= 0.3 is 5.97 Å². The van der Waals surface area contributed by atoms with Crippen LogP contribution in [0.2, 0.25) is 0 Å². The summed E-state index contributed by atoms with van der Waals surface area (Å²) in [7, 11) is 0. The van der Waals surface area contributed by atoms with E-state index in [9.17, 15) is 4.79 Å². The van der Waals surface area contributed by atoms with Crippen LogP contribution in [0.4, 0.5) is 0 Å². The molecule has 0 aromatic rings. The maximum Gasteiger partial charge on any atom is 0.317 e. The molecule has 6 unspecified atom stereocenters. The molecule has 120 valence electrons. The molecule has 6 rings (SSSR count). The van der Waals surface area contributed by atoms with E-state index in [4.69, 9.17) is 5.11 Å². The molecular formula is C19H27NO2. The van der Waals surface area contributed by atoms with Crippen molar-refractivity contribution in [3.8, 4) is 0 Å². The zero-order valence-electron chi connectivity index (χ0n) is 13.2. The molecule has 0 amide bonds. The number of rotatable bonds is 1. The van der Waals surface area contributed by atoms with Crippen molar-refractivity contribution in [2.45, 2.75) is 44.9 Å². The Hall–Kier alpha value is -1.09. The highest BCUT2D eigenvalue weighted by Crippen LogP contribution is 2.61. The number of carboxylic acids is 1. The van der Waals surface area contributed by atoms with E-state index < -0.39 is 5.97 Å². The van der Waals surface area contributed by atoms with Crippen molar-refractivity contribution >= 4 is 5.97 Å². The van der Waals surface area contributed by atoms with Crippen LogP contribution in [0.15, 0.2) is 23.3 Å². The first-order valence-electron chi connectivity index (χ1n) is 9.03. The SMILES string of the molecule is C1=CC2CCC3C4CCC5CC(CCC53)C1=C24.NCC(=O)O. The van der Waals surface area contributed by atoms with E-state index in [1.54, 1.807) is 25.7 Å². The standard InChI is InChI=1S/C17H22.C2H5NO2/c1-6-14-12-3-5-13-11(9-12)4-8-16-15(13)7-2-10(1)17(14)16;3-1-2(4)5/h1,6,10-13,15-16H,2-5,7-9H2;1,3H2,(H,4,5). The topological polar surface area (TPSA) is 63.3 Å². The molecule has 6 bridgehead atoms. The van der Waals surface area contributed by atoms with Gasteiger partial charge in [0.25, 0.3) is 0 Å². The summed E-state index contributed by atoms with van der Waals surface area (Å²) in [5, 5.41) is 7.60. The molecule has 6 atom stereocenters. The maximum atomic E-state index is 9.24. The third-order valence-electron chi connectivity index (χ3n) is 7.02. The van der Waals surface area contributed by atoms with E-state index in [0.717, 1.165) is 35.5 Å². The third-order valence-corrected chi connectivity index (χ3v) is 7.02. The maximum absolute atomic E-state index is 9.24. The highest BCUT2D eigenvalue weighted by molar-refractivity contribution is 5.68. The van der Waals surface area contributed by atoms with Gasteiger partial charge in [0.15, 0.2) is 0 Å². The number of carbonyl (C=O) groups is 1. The monoisotopic (exact) mass is 301 g/mol. The summed E-state index contributed by atoms with van der Waals surface area (Å²) in [4.78, 5) is 9.24. The fourth-order valence-electron chi connectivity index (χ4n) is 6.29. The fourth-order valence-corrected chi connectivity index (χ4v) is 6.29. The summed E-state index contributed by atoms with van der Waals surface area (Å²) in [5.41, 5.74) is 8.36. The van der Waals surface area contributed by atoms with Gasteiger partial charge in [-0.1, -0.05) is 17.7 Å². The molecule has 0 radical (unpaired) electrons. The Morgan fingerprint density at radius 1 is 1.14 bits per heavy atom. The van der Waals surface area contributed by atoms with E-state index >= 15 is 0 Å². The lowest BCUT2D eigenvalue weighted by molar-refractivity contribution is -0.135. The van der Waals surface area contributed by atoms with Crippen LogP contribution >= 0.6 is 0 Å². The summed E-state index contributed by atoms with van der Waals surface area (Å²) in [5.74, 6) is 5.22. The minimum Gasteiger partial charge on any atom is -0.480 e. The summed E-state index contributed by atoms with van der Waals surface area (Å²) >= 11 is 0. The molecular weight excluding hydrogens is 274 g/mol. The summed E-state index contributed by atoms with van der Waals surface area (Å²) in [6.07, 6.45) is 15.9. The molecule has 3 nitrogen and oxygen atoms in total. The van der Waals surface area contributed by atoms with Crippen molar-refractivity contribution in [1.82, 2.24) is 0 Å². The number of carboxylic acid groups (broad SMARTS) is 1. The second-order valence-electron chi connectivity index (χ2n) is 7.83. The number of nitrogens with two attached hydrogens (primary N) is 1. The first kappa shape index (κ1) is 14.5. The molecule has 6 aliphatic rings. The van der Waals surface area contributed by atoms with Crippen molar-refractivity contribution in [2.75, 3.05) is 6.54 Å². The molecule has 0 spiro atoms. The molecule has 0 aromatic carbocycles. The van der Waals surface area contributed by atoms with Crippen LogP contribution in [0.3, 0.4) is 0 Å². The van der Waals surface area contributed by atoms with E-state index in [0.29, 0.717) is 0 Å². The van der Waals surface area contributed by atoms with Gasteiger partial charge in [-0.25, -0.2) is 0 Å². The molecule has 0 aromatic heterocycles. The highest BCUT2D eigenvalue weighted by Gasteiger charge is 2.50. The lowest BCUT2D eigenvalue weighted by Crippen LogP contribution is -2.44. The Bertz CT molecular complexity index is 536. The van der Waals surface area contributed by atoms with Crippen molar-refractivity contribution in [2.24, 2.45) is 41.2 Å². The third kappa shape index (κ3) is 2.17. The zero-order chi connectivity index (χ0) is 15.3. The minimum atomic E-state index is -0.968. The lowest BCUT2D eigenvalue weighted by Gasteiger charge is -2.54. The molecule has 6 aliphatic carbocycles. The Kier molecular flexibility index (Phi) is 3.64. The Morgan fingerprint density at radius 2 is 1.91 bits per heavy atom. The summed E-state index contributed by atoms with van der Waals surface area (Å²) in [6.45, 7) is -0.278. The highest BCUT2D eigenvalue weighted by atomic mass is 16.4. The molecule has 0 saturated heterocycles. The van der Waals surface area contributed by atoms with Gasteiger partial charge in [-0.05, 0) is 86.0 Å². The first-order chi connectivity index (χ1) is 10.7. The molecule has 3 fully saturated rings. The zero-order valence-corrected chi connectivity index (χ0v) is 13.2. The van der Waals surface area contributed by atoms with Crippen molar-refractivity contribution < 1.29 is 9.90 Å². The van der Waals surface area contributed by atoms with Gasteiger partial charge < -0.3 is 10.8 Å². The van der Waals surface area contributed by atoms with Gasteiger partial charge in [-0.15, -0.1) is 0 Å². The molecule has 3 saturated carbocycles. The van der Waals surface area contributed by atoms with Crippen LogP contribution < -0.4 is 5.73 Å². The van der Waals surface area contributed by atoms with Gasteiger partial charge in [0, 0.05) is 0 Å². The minimum absolute atomic E-state index is 0.278. The van der Waals surface area contributed by atoms with Crippen molar-refractivity contribution in [3.05, 3.63) is 23.3 Å². The van der Waals surface area contributed by atoms with Crippen molar-refractivity contribution in [3.63, 3.8) is 0 Å². The first-order valence-corrected chi connectivity index (χ1v) is 9.03. The van der Waals surface area contributed by atoms with Gasteiger partial charge in [0.2, 0.25) is 0 Å². The number of allylic oxidation sites excluding steroid dienone is 4. The van der Waals surface area contributed by atoms with E-state index in [1.807, 2.05) is 11.1 Å². The van der Waals surface area contributed by atoms with E-state index in [-0.39, 0.29) is 6.54 Å². The quantitative estimate of drug-likeness (QED) is 0.780. The molecule has 3 N–H and O–H groups in total. The Labute approximate surface area is 132 Å². The molecule has 0 heterocycles. The van der Waals surface area contributed by atoms with E-state index in [2.05, 4.69) is 17.9 Å². The second kappa shape index (κ2) is 5.52. The predicted octanol–water partition coefficient (Wildman–Crippen LogP) is 3.36. The normalized spacial score (nSPS) is 43.5. The Morgan fingerprint density at radius 3 is 2.68 bits per heavy atom. The van der Waals surface area contributed by atoms with Gasteiger partial charge in [0.1, 0.15) is 0 Å². The van der Waals surface area contributed by atoms with Gasteiger partial charge in [0.05, 0.1) is 6.54 Å². The smallest absolute Gasteiger partial charge is 0.317 e. The van der Waals surface area contributed by atoms with E-state index in [1.165, 1.54) is 19.3 Å². The van der Waals surface area contributed by atoms with Crippen LogP contribution in [-0.4, -0.2) is 17.6 Å². The average Bonchev–Trinajstić information content (AvgIpc) is 2.95. The number of fused-ring (bicyclic) bond motifs is 2. The molecule has 0 aliphatic heterocycles. The van der Waals surface area contributed by atoms with Crippen LogP contribution in [0.5, 0.6) is 0 Å². The van der Waals surface area contributed by atoms with Crippen LogP contribution in [-0.2, 0) is 4.79 Å². The number of aliphatic carboxylic acids is 1. The number of hydrogen-bond acceptors (Lipinski definition) is 2. The fraction of sp³-hybridized carbons (Fsp3) is 0.737. The molecule has 3 heteroatoms. The Balaban J connectivity index is 0.000000222. The van der Waals surface area contributed by atoms with Gasteiger partial charge in [-0.2, -0.15) is 0 Å². The summed E-state index contributed by atoms with van der Waals surface area (Å²) < 4.78 is 0. The van der Waals surface area contributed by atoms with Crippen LogP contribution in [0, 0.1) is 35.5 Å². The van der Waals surface area contributed by atoms with Crippen LogP contribution in [0.1, 0.15) is 44.9 Å². The molecule has 22 heavy (non-hydrogen) atoms. The largest absolute Gasteiger partial charge is 0.480 e.